The molecule has 2 N–H and O–H groups in total. The summed E-state index contributed by atoms with van der Waals surface area (Å²) in [5.74, 6) is -1.18. The Morgan fingerprint density at radius 1 is 1.00 bits per heavy atom. The van der Waals surface area contributed by atoms with Gasteiger partial charge >= 0.3 is 5.97 Å². The van der Waals surface area contributed by atoms with Crippen LogP contribution in [-0.4, -0.2) is 37.5 Å². The topological polar surface area (TPSA) is 93.7 Å². The summed E-state index contributed by atoms with van der Waals surface area (Å²) in [6.07, 6.45) is 0. The third-order valence-electron chi connectivity index (χ3n) is 3.41. The van der Waals surface area contributed by atoms with Gasteiger partial charge < -0.3 is 20.1 Å². The summed E-state index contributed by atoms with van der Waals surface area (Å²) < 4.78 is 10.1. The molecule has 0 bridgehead atoms. The number of carbonyl (C=O) groups excluding carboxylic acids is 3. The van der Waals surface area contributed by atoms with Gasteiger partial charge in [0.1, 0.15) is 12.3 Å². The Morgan fingerprint density at radius 2 is 1.64 bits per heavy atom. The van der Waals surface area contributed by atoms with Crippen LogP contribution >= 0.6 is 23.2 Å². The minimum atomic E-state index is -0.764. The summed E-state index contributed by atoms with van der Waals surface area (Å²) >= 11 is 11.9. The molecular formula is C19H18Cl2N2O5. The number of benzene rings is 2. The van der Waals surface area contributed by atoms with Gasteiger partial charge in [0, 0.05) is 5.56 Å². The number of halogens is 2. The number of hydrogen-bond donors (Lipinski definition) is 2. The fourth-order valence-corrected chi connectivity index (χ4v) is 2.61. The molecule has 2 aromatic rings. The van der Waals surface area contributed by atoms with Crippen molar-refractivity contribution in [1.82, 2.24) is 5.32 Å². The van der Waals surface area contributed by atoms with Crippen molar-refractivity contribution in [3.05, 3.63) is 58.1 Å². The van der Waals surface area contributed by atoms with Crippen LogP contribution in [0.1, 0.15) is 17.3 Å². The van der Waals surface area contributed by atoms with Crippen LogP contribution < -0.4 is 15.4 Å². The van der Waals surface area contributed by atoms with E-state index in [2.05, 4.69) is 10.6 Å². The van der Waals surface area contributed by atoms with Gasteiger partial charge in [-0.25, -0.2) is 0 Å². The summed E-state index contributed by atoms with van der Waals surface area (Å²) in [7, 11) is 0. The number of hydrogen-bond acceptors (Lipinski definition) is 5. The van der Waals surface area contributed by atoms with Gasteiger partial charge in [-0.05, 0) is 43.3 Å². The highest BCUT2D eigenvalue weighted by Crippen LogP contribution is 2.29. The molecule has 0 radical (unpaired) electrons. The monoisotopic (exact) mass is 424 g/mol. The van der Waals surface area contributed by atoms with Crippen LogP contribution in [0.4, 0.5) is 5.69 Å². The highest BCUT2D eigenvalue weighted by atomic mass is 35.5. The first-order valence-corrected chi connectivity index (χ1v) is 9.07. The third-order valence-corrected chi connectivity index (χ3v) is 4.04. The molecule has 0 atom stereocenters. The summed E-state index contributed by atoms with van der Waals surface area (Å²) in [6, 6.07) is 11.2. The summed E-state index contributed by atoms with van der Waals surface area (Å²) in [5.41, 5.74) is 0.595. The molecule has 2 rings (SSSR count). The lowest BCUT2D eigenvalue weighted by atomic mass is 10.2. The zero-order valence-corrected chi connectivity index (χ0v) is 16.5. The van der Waals surface area contributed by atoms with Crippen molar-refractivity contribution in [3.8, 4) is 5.75 Å². The lowest BCUT2D eigenvalue weighted by molar-refractivity contribution is -0.146. The van der Waals surface area contributed by atoms with Gasteiger partial charge in [0.15, 0.2) is 6.61 Å². The van der Waals surface area contributed by atoms with Crippen molar-refractivity contribution in [1.29, 1.82) is 0 Å². The largest absolute Gasteiger partial charge is 0.494 e. The van der Waals surface area contributed by atoms with Crippen molar-refractivity contribution < 1.29 is 23.9 Å². The average molecular weight is 425 g/mol. The molecule has 9 heteroatoms. The Morgan fingerprint density at radius 3 is 2.25 bits per heavy atom. The van der Waals surface area contributed by atoms with Gasteiger partial charge in [-0.2, -0.15) is 0 Å². The minimum absolute atomic E-state index is 0.232. The Hall–Kier alpha value is -2.77. The molecule has 0 aliphatic rings. The molecule has 0 fully saturated rings. The molecule has 0 heterocycles. The van der Waals surface area contributed by atoms with Crippen LogP contribution in [0, 0.1) is 0 Å². The molecule has 7 nitrogen and oxygen atoms in total. The van der Waals surface area contributed by atoms with Gasteiger partial charge in [0.25, 0.3) is 11.8 Å². The van der Waals surface area contributed by atoms with E-state index in [1.165, 1.54) is 0 Å². The second-order valence-corrected chi connectivity index (χ2v) is 6.26. The Balaban J connectivity index is 1.76. The first-order chi connectivity index (χ1) is 13.4. The maximum absolute atomic E-state index is 12.0. The van der Waals surface area contributed by atoms with Crippen molar-refractivity contribution >= 4 is 46.7 Å². The van der Waals surface area contributed by atoms with Gasteiger partial charge in [0.05, 0.1) is 22.3 Å². The van der Waals surface area contributed by atoms with Crippen LogP contribution in [-0.2, 0) is 14.3 Å². The van der Waals surface area contributed by atoms with Crippen LogP contribution in [0.15, 0.2) is 42.5 Å². The van der Waals surface area contributed by atoms with Gasteiger partial charge in [-0.1, -0.05) is 29.3 Å². The highest BCUT2D eigenvalue weighted by Gasteiger charge is 2.13. The number of esters is 1. The molecule has 28 heavy (non-hydrogen) atoms. The smallest absolute Gasteiger partial charge is 0.325 e. The molecule has 0 aromatic heterocycles. The number of ether oxygens (including phenoxy) is 2. The zero-order valence-electron chi connectivity index (χ0n) is 15.0. The van der Waals surface area contributed by atoms with Crippen molar-refractivity contribution in [2.24, 2.45) is 0 Å². The molecular weight excluding hydrogens is 407 g/mol. The Kier molecular flexibility index (Phi) is 8.10. The fraction of sp³-hybridized carbons (Fsp3) is 0.211. The number of anilines is 1. The standard InChI is InChI=1S/C19H18Cl2N2O5/c1-2-27-13-8-6-12(7-9-13)19(26)22-10-17(25)28-11-16(24)23-18-14(20)4-3-5-15(18)21/h3-9H,2,10-11H2,1H3,(H,22,26)(H,23,24). The number of para-hydroxylation sites is 1. The fourth-order valence-electron chi connectivity index (χ4n) is 2.11. The molecule has 0 saturated carbocycles. The predicted octanol–water partition coefficient (Wildman–Crippen LogP) is 3.30. The molecule has 148 valence electrons. The maximum Gasteiger partial charge on any atom is 0.325 e. The van der Waals surface area contributed by atoms with Crippen LogP contribution in [0.5, 0.6) is 5.75 Å². The summed E-state index contributed by atoms with van der Waals surface area (Å²) in [6.45, 7) is 1.45. The summed E-state index contributed by atoms with van der Waals surface area (Å²) in [4.78, 5) is 35.6. The first kappa shape index (κ1) is 21.5. The minimum Gasteiger partial charge on any atom is -0.494 e. The first-order valence-electron chi connectivity index (χ1n) is 8.31. The average Bonchev–Trinajstić information content (AvgIpc) is 2.68. The lowest BCUT2D eigenvalue weighted by Gasteiger charge is -2.10. The Labute approximate surface area is 171 Å². The van der Waals surface area contributed by atoms with Gasteiger partial charge in [0.2, 0.25) is 0 Å². The zero-order chi connectivity index (χ0) is 20.5. The predicted molar refractivity (Wildman–Crippen MR) is 106 cm³/mol. The number of carbonyl (C=O) groups is 3. The number of nitrogens with one attached hydrogen (secondary N) is 2. The normalized spacial score (nSPS) is 10.1. The number of amides is 2. The number of rotatable bonds is 8. The van der Waals surface area contributed by atoms with E-state index in [4.69, 9.17) is 32.7 Å². The summed E-state index contributed by atoms with van der Waals surface area (Å²) in [5, 5.41) is 5.39. The molecule has 0 saturated heterocycles. The molecule has 2 amide bonds. The molecule has 2 aromatic carbocycles. The molecule has 0 unspecified atom stereocenters. The van der Waals surface area contributed by atoms with Crippen LogP contribution in [0.25, 0.3) is 0 Å². The molecule has 0 aliphatic carbocycles. The van der Waals surface area contributed by atoms with Gasteiger partial charge in [-0.15, -0.1) is 0 Å². The van der Waals surface area contributed by atoms with E-state index < -0.39 is 24.4 Å². The SMILES string of the molecule is CCOc1ccc(C(=O)NCC(=O)OCC(=O)Nc2c(Cl)cccc2Cl)cc1. The van der Waals surface area contributed by atoms with E-state index in [0.29, 0.717) is 17.9 Å². The van der Waals surface area contributed by atoms with E-state index >= 15 is 0 Å². The molecule has 0 aliphatic heterocycles. The van der Waals surface area contributed by atoms with Crippen LogP contribution in [0.2, 0.25) is 10.0 Å². The van der Waals surface area contributed by atoms with Gasteiger partial charge in [-0.3, -0.25) is 14.4 Å². The molecule has 0 spiro atoms. The maximum atomic E-state index is 12.0. The van der Waals surface area contributed by atoms with Crippen molar-refractivity contribution in [2.75, 3.05) is 25.1 Å². The second kappa shape index (κ2) is 10.5. The lowest BCUT2D eigenvalue weighted by Crippen LogP contribution is -2.32. The Bertz CT molecular complexity index is 836. The van der Waals surface area contributed by atoms with E-state index in [-0.39, 0.29) is 22.3 Å². The van der Waals surface area contributed by atoms with E-state index in [0.717, 1.165) is 0 Å². The second-order valence-electron chi connectivity index (χ2n) is 5.45. The third kappa shape index (κ3) is 6.44. The van der Waals surface area contributed by atoms with E-state index in [9.17, 15) is 14.4 Å². The van der Waals surface area contributed by atoms with Crippen molar-refractivity contribution in [3.63, 3.8) is 0 Å². The van der Waals surface area contributed by atoms with E-state index in [1.807, 2.05) is 6.92 Å². The van der Waals surface area contributed by atoms with E-state index in [1.54, 1.807) is 42.5 Å². The quantitative estimate of drug-likeness (QED) is 0.633. The van der Waals surface area contributed by atoms with Crippen molar-refractivity contribution in [2.45, 2.75) is 6.92 Å². The van der Waals surface area contributed by atoms with Crippen LogP contribution in [0.3, 0.4) is 0 Å². The highest BCUT2D eigenvalue weighted by molar-refractivity contribution is 6.39.